The third kappa shape index (κ3) is 2.99. The number of methoxy groups -OCH3 is 1. The van der Waals surface area contributed by atoms with Gasteiger partial charge in [0.25, 0.3) is 5.56 Å². The number of hydrogen-bond acceptors (Lipinski definition) is 5. The third-order valence-corrected chi connectivity index (χ3v) is 3.92. The number of hydrogen-bond donors (Lipinski definition) is 2. The molecule has 0 aromatic carbocycles. The summed E-state index contributed by atoms with van der Waals surface area (Å²) in [6.45, 7) is 0. The van der Waals surface area contributed by atoms with Crippen LogP contribution in [0, 0.1) is 0 Å². The van der Waals surface area contributed by atoms with Crippen LogP contribution in [-0.2, 0) is 0 Å². The molecule has 2 N–H and O–H groups in total. The maximum absolute atomic E-state index is 13.5. The number of nitrogens with one attached hydrogen (secondary N) is 2. The Bertz CT molecular complexity index is 846. The topological polar surface area (TPSA) is 101 Å². The first kappa shape index (κ1) is 15.3. The largest absolute Gasteiger partial charge is 0.480 e. The van der Waals surface area contributed by atoms with Gasteiger partial charge in [-0.15, -0.1) is 10.2 Å². The van der Waals surface area contributed by atoms with E-state index in [-0.39, 0.29) is 30.0 Å². The van der Waals surface area contributed by atoms with Crippen molar-refractivity contribution in [1.82, 2.24) is 20.2 Å². The van der Waals surface area contributed by atoms with Crippen molar-refractivity contribution < 1.29 is 13.5 Å². The summed E-state index contributed by atoms with van der Waals surface area (Å²) in [7, 11) is 1.38. The lowest BCUT2D eigenvalue weighted by Crippen LogP contribution is -2.23. The van der Waals surface area contributed by atoms with Gasteiger partial charge >= 0.3 is 5.69 Å². The van der Waals surface area contributed by atoms with Crippen LogP contribution in [0.25, 0.3) is 11.3 Å². The molecule has 23 heavy (non-hydrogen) atoms. The van der Waals surface area contributed by atoms with Crippen molar-refractivity contribution in [3.05, 3.63) is 38.7 Å². The van der Waals surface area contributed by atoms with Gasteiger partial charge in [0.1, 0.15) is 5.69 Å². The molecule has 7 nitrogen and oxygen atoms in total. The first-order valence-corrected chi connectivity index (χ1v) is 7.01. The van der Waals surface area contributed by atoms with Crippen LogP contribution in [0.15, 0.2) is 21.9 Å². The molecule has 1 aliphatic carbocycles. The Morgan fingerprint density at radius 3 is 2.74 bits per heavy atom. The SMILES string of the molecule is COc1nnc(-c2c[nH]c(=O)[nH]c2=O)cc1C1CCC(F)(F)C1. The first-order valence-electron chi connectivity index (χ1n) is 7.01. The Kier molecular flexibility index (Phi) is 3.70. The fourth-order valence-electron chi connectivity index (χ4n) is 2.79. The van der Waals surface area contributed by atoms with Crippen LogP contribution in [0.2, 0.25) is 0 Å². The minimum atomic E-state index is -2.71. The average molecular weight is 324 g/mol. The molecule has 1 fully saturated rings. The standard InChI is InChI=1S/C14H14F2N4O3/c1-23-12-8(7-2-3-14(15,16)5-7)4-10(19-20-12)9-6-17-13(22)18-11(9)21/h4,6-7H,2-3,5H2,1H3,(H2,17,18,21,22). The predicted molar refractivity (Wildman–Crippen MR) is 76.8 cm³/mol. The number of H-pyrrole nitrogens is 2. The second-order valence-electron chi connectivity index (χ2n) is 5.48. The van der Waals surface area contributed by atoms with Crippen molar-refractivity contribution in [3.8, 4) is 17.1 Å². The van der Waals surface area contributed by atoms with Gasteiger partial charge in [-0.2, -0.15) is 0 Å². The van der Waals surface area contributed by atoms with Crippen LogP contribution in [0.4, 0.5) is 8.78 Å². The molecule has 0 aliphatic heterocycles. The van der Waals surface area contributed by atoms with E-state index in [4.69, 9.17) is 4.74 Å². The van der Waals surface area contributed by atoms with Gasteiger partial charge in [-0.3, -0.25) is 9.78 Å². The number of rotatable bonds is 3. The minimum absolute atomic E-state index is 0.103. The van der Waals surface area contributed by atoms with Crippen LogP contribution in [0.3, 0.4) is 0 Å². The van der Waals surface area contributed by atoms with Crippen molar-refractivity contribution in [3.63, 3.8) is 0 Å². The van der Waals surface area contributed by atoms with Crippen LogP contribution >= 0.6 is 0 Å². The van der Waals surface area contributed by atoms with Gasteiger partial charge in [-0.05, 0) is 18.4 Å². The van der Waals surface area contributed by atoms with E-state index >= 15 is 0 Å². The van der Waals surface area contributed by atoms with E-state index in [0.717, 1.165) is 0 Å². The van der Waals surface area contributed by atoms with E-state index in [1.165, 1.54) is 19.4 Å². The highest BCUT2D eigenvalue weighted by Gasteiger charge is 2.41. The molecule has 1 saturated carbocycles. The smallest absolute Gasteiger partial charge is 0.325 e. The lowest BCUT2D eigenvalue weighted by molar-refractivity contribution is 0.00771. The molecule has 2 aromatic rings. The lowest BCUT2D eigenvalue weighted by Gasteiger charge is -2.14. The number of nitrogens with zero attached hydrogens (tertiary/aromatic N) is 2. The fraction of sp³-hybridized carbons (Fsp3) is 0.429. The molecular formula is C14H14F2N4O3. The summed E-state index contributed by atoms with van der Waals surface area (Å²) in [6, 6.07) is 1.51. The van der Waals surface area contributed by atoms with Gasteiger partial charge in [-0.1, -0.05) is 0 Å². The summed E-state index contributed by atoms with van der Waals surface area (Å²) < 4.78 is 32.1. The summed E-state index contributed by atoms with van der Waals surface area (Å²) in [5.74, 6) is -2.97. The highest BCUT2D eigenvalue weighted by Crippen LogP contribution is 2.46. The second-order valence-corrected chi connectivity index (χ2v) is 5.48. The molecule has 3 rings (SSSR count). The predicted octanol–water partition coefficient (Wildman–Crippen LogP) is 1.43. The summed E-state index contributed by atoms with van der Waals surface area (Å²) >= 11 is 0. The van der Waals surface area contributed by atoms with Gasteiger partial charge in [0.2, 0.25) is 11.8 Å². The van der Waals surface area contributed by atoms with E-state index in [0.29, 0.717) is 12.0 Å². The Labute approximate surface area is 128 Å². The molecule has 0 bridgehead atoms. The molecule has 122 valence electrons. The van der Waals surface area contributed by atoms with Crippen LogP contribution < -0.4 is 16.0 Å². The number of alkyl halides is 2. The lowest BCUT2D eigenvalue weighted by atomic mass is 9.97. The zero-order chi connectivity index (χ0) is 16.6. The van der Waals surface area contributed by atoms with E-state index in [1.807, 2.05) is 0 Å². The Balaban J connectivity index is 2.06. The van der Waals surface area contributed by atoms with E-state index < -0.39 is 23.1 Å². The third-order valence-electron chi connectivity index (χ3n) is 3.92. The molecule has 1 aliphatic rings. The quantitative estimate of drug-likeness (QED) is 0.889. The first-order chi connectivity index (χ1) is 10.9. The zero-order valence-electron chi connectivity index (χ0n) is 12.2. The average Bonchev–Trinajstić information content (AvgIpc) is 2.87. The Morgan fingerprint density at radius 2 is 2.13 bits per heavy atom. The van der Waals surface area contributed by atoms with Crippen molar-refractivity contribution in [2.24, 2.45) is 0 Å². The van der Waals surface area contributed by atoms with Crippen molar-refractivity contribution in [2.75, 3.05) is 7.11 Å². The molecular weight excluding hydrogens is 310 g/mol. The van der Waals surface area contributed by atoms with Gasteiger partial charge in [-0.25, -0.2) is 13.6 Å². The van der Waals surface area contributed by atoms with Crippen molar-refractivity contribution in [1.29, 1.82) is 0 Å². The highest BCUT2D eigenvalue weighted by molar-refractivity contribution is 5.58. The highest BCUT2D eigenvalue weighted by atomic mass is 19.3. The number of ether oxygens (including phenoxy) is 1. The van der Waals surface area contributed by atoms with Gasteiger partial charge in [0, 0.05) is 24.6 Å². The Hall–Kier alpha value is -2.58. The van der Waals surface area contributed by atoms with Gasteiger partial charge in [0.05, 0.1) is 12.7 Å². The minimum Gasteiger partial charge on any atom is -0.480 e. The van der Waals surface area contributed by atoms with Crippen LogP contribution in [0.5, 0.6) is 5.88 Å². The Morgan fingerprint density at radius 1 is 1.35 bits per heavy atom. The summed E-state index contributed by atoms with van der Waals surface area (Å²) in [5.41, 5.74) is -0.494. The monoisotopic (exact) mass is 324 g/mol. The molecule has 0 saturated heterocycles. The van der Waals surface area contributed by atoms with Crippen LogP contribution in [-0.4, -0.2) is 33.2 Å². The molecule has 1 unspecified atom stereocenters. The summed E-state index contributed by atoms with van der Waals surface area (Å²) in [5, 5.41) is 7.74. The molecule has 1 atom stereocenters. The van der Waals surface area contributed by atoms with E-state index in [2.05, 4.69) is 20.2 Å². The summed E-state index contributed by atoms with van der Waals surface area (Å²) in [4.78, 5) is 27.3. The van der Waals surface area contributed by atoms with Crippen molar-refractivity contribution in [2.45, 2.75) is 31.1 Å². The maximum atomic E-state index is 13.5. The molecule has 2 aromatic heterocycles. The van der Waals surface area contributed by atoms with Crippen LogP contribution in [0.1, 0.15) is 30.7 Å². The number of aromatic amines is 2. The molecule has 2 heterocycles. The van der Waals surface area contributed by atoms with E-state index in [9.17, 15) is 18.4 Å². The van der Waals surface area contributed by atoms with Gasteiger partial charge < -0.3 is 9.72 Å². The molecule has 0 spiro atoms. The second kappa shape index (κ2) is 5.56. The van der Waals surface area contributed by atoms with Gasteiger partial charge in [0.15, 0.2) is 0 Å². The normalized spacial score (nSPS) is 19.7. The zero-order valence-corrected chi connectivity index (χ0v) is 12.2. The molecule has 0 radical (unpaired) electrons. The number of halogens is 2. The van der Waals surface area contributed by atoms with E-state index in [1.54, 1.807) is 0 Å². The van der Waals surface area contributed by atoms with Crippen molar-refractivity contribution >= 4 is 0 Å². The number of aromatic nitrogens is 4. The maximum Gasteiger partial charge on any atom is 0.325 e. The molecule has 0 amide bonds. The fourth-order valence-corrected chi connectivity index (χ4v) is 2.79. The molecule has 9 heteroatoms. The summed E-state index contributed by atoms with van der Waals surface area (Å²) in [6.07, 6.45) is 1.02.